The molecule has 0 amide bonds. The Kier molecular flexibility index (Phi) is 8.79. The van der Waals surface area contributed by atoms with Gasteiger partial charge in [0.1, 0.15) is 33.7 Å². The summed E-state index contributed by atoms with van der Waals surface area (Å²) in [4.78, 5) is 26.9. The van der Waals surface area contributed by atoms with Gasteiger partial charge in [0, 0.05) is 54.6 Å². The summed E-state index contributed by atoms with van der Waals surface area (Å²) in [6, 6.07) is 85.4. The number of hydrogen-bond donors (Lipinski definition) is 0. The molecule has 8 nitrogen and oxygen atoms in total. The van der Waals surface area contributed by atoms with Crippen LogP contribution in [0.4, 0.5) is 34.4 Å². The van der Waals surface area contributed by atoms with Crippen LogP contribution in [0, 0.1) is 0 Å². The molecule has 0 saturated carbocycles. The van der Waals surface area contributed by atoms with E-state index in [0.717, 1.165) is 161 Å². The second kappa shape index (κ2) is 16.3. The van der Waals surface area contributed by atoms with E-state index < -0.39 is 0 Å². The lowest BCUT2D eigenvalue weighted by Crippen LogP contribution is -2.18. The van der Waals surface area contributed by atoms with Crippen molar-refractivity contribution < 1.29 is 8.83 Å². The lowest BCUT2D eigenvalue weighted by molar-refractivity contribution is 0.669. The van der Waals surface area contributed by atoms with E-state index in [2.05, 4.69) is 204 Å². The first-order valence-corrected chi connectivity index (χ1v) is 26.9. The van der Waals surface area contributed by atoms with Gasteiger partial charge >= 0.3 is 0 Å². The van der Waals surface area contributed by atoms with E-state index in [9.17, 15) is 0 Å². The highest BCUT2D eigenvalue weighted by molar-refractivity contribution is 6.18. The number of anilines is 6. The summed E-state index contributed by atoms with van der Waals surface area (Å²) in [6.07, 6.45) is 0. The van der Waals surface area contributed by atoms with Crippen molar-refractivity contribution in [3.63, 3.8) is 0 Å². The van der Waals surface area contributed by atoms with E-state index in [1.165, 1.54) is 16.3 Å². The van der Waals surface area contributed by atoms with Gasteiger partial charge in [-0.25, -0.2) is 19.9 Å². The topological polar surface area (TPSA) is 84.3 Å². The van der Waals surface area contributed by atoms with Crippen LogP contribution in [0.3, 0.4) is 0 Å². The van der Waals surface area contributed by atoms with Crippen molar-refractivity contribution >= 4 is 122 Å². The molecular weight excluding hydrogens is 981 g/mol. The van der Waals surface area contributed by atoms with Gasteiger partial charge < -0.3 is 8.83 Å². The minimum absolute atomic E-state index is 0.728. The molecule has 18 rings (SSSR count). The van der Waals surface area contributed by atoms with Crippen molar-refractivity contribution in [2.24, 2.45) is 0 Å². The molecule has 12 aromatic carbocycles. The zero-order valence-corrected chi connectivity index (χ0v) is 42.6. The molecule has 370 valence electrons. The van der Waals surface area contributed by atoms with Gasteiger partial charge in [0.25, 0.3) is 0 Å². The first kappa shape index (κ1) is 43.2. The molecule has 4 aromatic heterocycles. The fourth-order valence-corrected chi connectivity index (χ4v) is 12.9. The SMILES string of the molecule is c1ccc2c(c1)-c1cc(-c3ccc4nc(N5c6ccccc6-c6cccc7cccc5c67)c(-c5cccc6c5oc5ccccc56)nc4c3)cc3cccc(c13)N2c1nc2ccccc2nc1-c1ccc2c(c1)oc1ccccc12. The Morgan fingerprint density at radius 3 is 1.59 bits per heavy atom. The zero-order chi connectivity index (χ0) is 52.2. The van der Waals surface area contributed by atoms with E-state index in [1.807, 2.05) is 48.5 Å². The van der Waals surface area contributed by atoms with Crippen molar-refractivity contribution in [3.05, 3.63) is 243 Å². The predicted molar refractivity (Wildman–Crippen MR) is 326 cm³/mol. The maximum absolute atomic E-state index is 6.79. The normalized spacial score (nSPS) is 12.7. The lowest BCUT2D eigenvalue weighted by atomic mass is 9.88. The van der Waals surface area contributed by atoms with Crippen molar-refractivity contribution in [2.45, 2.75) is 0 Å². The molecule has 0 bridgehead atoms. The van der Waals surface area contributed by atoms with E-state index in [4.69, 9.17) is 28.8 Å². The first-order valence-electron chi connectivity index (χ1n) is 26.9. The molecule has 6 heterocycles. The zero-order valence-electron chi connectivity index (χ0n) is 42.6. The van der Waals surface area contributed by atoms with E-state index in [0.29, 0.717) is 0 Å². The van der Waals surface area contributed by atoms with E-state index in [1.54, 1.807) is 0 Å². The molecule has 2 aliphatic rings. The molecule has 2 aliphatic heterocycles. The highest BCUT2D eigenvalue weighted by Gasteiger charge is 2.33. The first-order chi connectivity index (χ1) is 39.6. The van der Waals surface area contributed by atoms with Gasteiger partial charge in [-0.15, -0.1) is 0 Å². The van der Waals surface area contributed by atoms with Gasteiger partial charge in [-0.2, -0.15) is 0 Å². The quantitative estimate of drug-likeness (QED) is 0.169. The highest BCUT2D eigenvalue weighted by atomic mass is 16.3. The molecule has 0 atom stereocenters. The molecule has 0 N–H and O–H groups in total. The number of para-hydroxylation sites is 7. The van der Waals surface area contributed by atoms with Crippen molar-refractivity contribution in [1.29, 1.82) is 0 Å². The Morgan fingerprint density at radius 2 is 0.800 bits per heavy atom. The van der Waals surface area contributed by atoms with Crippen molar-refractivity contribution in [3.8, 4) is 55.9 Å². The van der Waals surface area contributed by atoms with Gasteiger partial charge in [0.15, 0.2) is 11.6 Å². The number of fused-ring (bicyclic) bond motifs is 12. The highest BCUT2D eigenvalue weighted by Crippen LogP contribution is 2.55. The number of benzene rings is 12. The largest absolute Gasteiger partial charge is 0.456 e. The second-order valence-electron chi connectivity index (χ2n) is 20.9. The Hall–Kier alpha value is -11.0. The molecule has 0 saturated heterocycles. The molecule has 80 heavy (non-hydrogen) atoms. The third-order valence-electron chi connectivity index (χ3n) is 16.5. The minimum atomic E-state index is 0.728. The summed E-state index contributed by atoms with van der Waals surface area (Å²) in [7, 11) is 0. The van der Waals surface area contributed by atoms with Crippen molar-refractivity contribution in [2.75, 3.05) is 9.80 Å². The van der Waals surface area contributed by atoms with Gasteiger partial charge in [-0.1, -0.05) is 152 Å². The second-order valence-corrected chi connectivity index (χ2v) is 20.9. The third kappa shape index (κ3) is 6.15. The van der Waals surface area contributed by atoms with Gasteiger partial charge in [-0.05, 0) is 124 Å². The van der Waals surface area contributed by atoms with Crippen LogP contribution in [-0.4, -0.2) is 19.9 Å². The smallest absolute Gasteiger partial charge is 0.165 e. The summed E-state index contributed by atoms with van der Waals surface area (Å²) in [5.41, 5.74) is 20.5. The Labute approximate surface area is 456 Å². The maximum Gasteiger partial charge on any atom is 0.165 e. The number of aromatic nitrogens is 4. The predicted octanol–water partition coefficient (Wildman–Crippen LogP) is 19.6. The molecule has 0 spiro atoms. The molecule has 0 unspecified atom stereocenters. The van der Waals surface area contributed by atoms with Crippen LogP contribution in [0.2, 0.25) is 0 Å². The third-order valence-corrected chi connectivity index (χ3v) is 16.5. The summed E-state index contributed by atoms with van der Waals surface area (Å²) in [6.45, 7) is 0. The van der Waals surface area contributed by atoms with Crippen LogP contribution in [0.1, 0.15) is 0 Å². The Morgan fingerprint density at radius 1 is 0.275 bits per heavy atom. The average Bonchev–Trinajstić information content (AvgIpc) is 4.16. The Bertz CT molecular complexity index is 5360. The van der Waals surface area contributed by atoms with Crippen molar-refractivity contribution in [1.82, 2.24) is 19.9 Å². The minimum Gasteiger partial charge on any atom is -0.456 e. The lowest BCUT2D eigenvalue weighted by Gasteiger charge is -2.34. The fourth-order valence-electron chi connectivity index (χ4n) is 12.9. The molecule has 8 heteroatoms. The van der Waals surface area contributed by atoms with Crippen LogP contribution in [0.25, 0.3) is 143 Å². The summed E-state index contributed by atoms with van der Waals surface area (Å²) in [5.74, 6) is 1.47. The summed E-state index contributed by atoms with van der Waals surface area (Å²) < 4.78 is 13.2. The van der Waals surface area contributed by atoms with Crippen LogP contribution in [-0.2, 0) is 0 Å². The van der Waals surface area contributed by atoms with Gasteiger partial charge in [0.2, 0.25) is 0 Å². The van der Waals surface area contributed by atoms with Crippen LogP contribution < -0.4 is 9.80 Å². The maximum atomic E-state index is 6.79. The molecule has 16 aromatic rings. The van der Waals surface area contributed by atoms with E-state index in [-0.39, 0.29) is 0 Å². The number of nitrogens with zero attached hydrogens (tertiary/aromatic N) is 6. The number of hydrogen-bond acceptors (Lipinski definition) is 8. The van der Waals surface area contributed by atoms with Gasteiger partial charge in [0.05, 0.1) is 44.8 Å². The molecular formula is C72H40N6O2. The number of furan rings is 2. The molecule has 0 aliphatic carbocycles. The monoisotopic (exact) mass is 1020 g/mol. The average molecular weight is 1020 g/mol. The van der Waals surface area contributed by atoms with E-state index >= 15 is 0 Å². The molecule has 0 fully saturated rings. The van der Waals surface area contributed by atoms with Gasteiger partial charge in [-0.3, -0.25) is 9.80 Å². The number of rotatable bonds is 5. The molecule has 0 radical (unpaired) electrons. The fraction of sp³-hybridized carbons (Fsp3) is 0. The standard InChI is InChI=1S/C72H40N6O2/c1-7-27-59-46(18-1)51-22-11-15-41-16-12-29-61(66(41)51)78(59)72-69(53-24-14-23-52-49-21-4-10-32-64(49)80-70(52)53)74-58-39-42(34-36-57(58)76-72)45-37-43-17-13-30-62-67(43)54(38-45)47-19-2-8-28-60(47)77(62)71-68(73-55-25-5-6-26-56(55)75-71)44-33-35-50-48-20-3-9-31-63(48)79-65(50)40-44/h1-40H. The summed E-state index contributed by atoms with van der Waals surface area (Å²) >= 11 is 0. The van der Waals surface area contributed by atoms with Crippen LogP contribution >= 0.6 is 0 Å². The van der Waals surface area contributed by atoms with Crippen LogP contribution in [0.5, 0.6) is 0 Å². The Balaban J connectivity index is 0.831. The summed E-state index contributed by atoms with van der Waals surface area (Å²) in [5, 5.41) is 8.82. The van der Waals surface area contributed by atoms with Crippen LogP contribution in [0.15, 0.2) is 251 Å².